The summed E-state index contributed by atoms with van der Waals surface area (Å²) in [5.74, 6) is 0.440. The Morgan fingerprint density at radius 3 is 2.62 bits per heavy atom. The molecule has 5 heteroatoms. The van der Waals surface area contributed by atoms with Crippen LogP contribution in [0.1, 0.15) is 18.4 Å². The van der Waals surface area contributed by atoms with E-state index in [-0.39, 0.29) is 6.10 Å². The van der Waals surface area contributed by atoms with E-state index in [0.29, 0.717) is 19.0 Å². The number of carbonyl (C=O) groups excluding carboxylic acids is 1. The Kier molecular flexibility index (Phi) is 6.66. The molecule has 2 aliphatic rings. The Hall–Kier alpha value is -1.43. The van der Waals surface area contributed by atoms with Gasteiger partial charge in [-0.1, -0.05) is 30.3 Å². The van der Waals surface area contributed by atoms with Gasteiger partial charge in [0, 0.05) is 31.6 Å². The lowest BCUT2D eigenvalue weighted by molar-refractivity contribution is -0.129. The van der Waals surface area contributed by atoms with Gasteiger partial charge in [0.15, 0.2) is 0 Å². The molecule has 1 aromatic carbocycles. The number of ether oxygens (including phenoxy) is 1. The Labute approximate surface area is 125 Å². The van der Waals surface area contributed by atoms with Crippen LogP contribution >= 0.6 is 0 Å². The van der Waals surface area contributed by atoms with E-state index in [9.17, 15) is 9.90 Å². The van der Waals surface area contributed by atoms with Crippen LogP contribution < -0.4 is 10.6 Å². The van der Waals surface area contributed by atoms with Crippen molar-refractivity contribution in [3.8, 4) is 0 Å². The van der Waals surface area contributed by atoms with Gasteiger partial charge >= 0.3 is 0 Å². The van der Waals surface area contributed by atoms with Crippen molar-refractivity contribution in [2.45, 2.75) is 31.6 Å². The maximum absolute atomic E-state index is 9.76. The molecule has 1 saturated carbocycles. The Morgan fingerprint density at radius 2 is 2.05 bits per heavy atom. The van der Waals surface area contributed by atoms with Crippen LogP contribution in [0, 0.1) is 5.92 Å². The van der Waals surface area contributed by atoms with Crippen LogP contribution in [0.4, 0.5) is 0 Å². The zero-order valence-electron chi connectivity index (χ0n) is 12.2. The zero-order chi connectivity index (χ0) is 14.9. The summed E-state index contributed by atoms with van der Waals surface area (Å²) >= 11 is 0. The van der Waals surface area contributed by atoms with Crippen LogP contribution in [0.3, 0.4) is 0 Å². The Morgan fingerprint density at radius 1 is 1.29 bits per heavy atom. The quantitative estimate of drug-likeness (QED) is 0.673. The normalized spacial score (nSPS) is 24.0. The maximum atomic E-state index is 9.76. The molecule has 3 rings (SSSR count). The van der Waals surface area contributed by atoms with Crippen molar-refractivity contribution >= 4 is 6.47 Å². The molecular weight excluding hydrogens is 268 g/mol. The number of benzene rings is 1. The average molecular weight is 292 g/mol. The standard InChI is InChI=1S/C8H16N2O.C8H8O2/c11-8-5-9-3-6(8)4-10-7-1-2-7;9-7-10-6-8-4-2-1-3-5-8/h6-11H,1-5H2;1-5,7H,6H2. The molecule has 5 nitrogen and oxygen atoms in total. The van der Waals surface area contributed by atoms with Crippen LogP contribution in [0.5, 0.6) is 0 Å². The maximum Gasteiger partial charge on any atom is 0.293 e. The average Bonchev–Trinajstić information content (AvgIpc) is 3.26. The molecule has 3 N–H and O–H groups in total. The van der Waals surface area contributed by atoms with E-state index in [4.69, 9.17) is 0 Å². The minimum Gasteiger partial charge on any atom is -0.463 e. The van der Waals surface area contributed by atoms with E-state index in [2.05, 4.69) is 15.4 Å². The fourth-order valence-corrected chi connectivity index (χ4v) is 2.24. The topological polar surface area (TPSA) is 70.6 Å². The van der Waals surface area contributed by atoms with Gasteiger partial charge in [0.2, 0.25) is 0 Å². The molecule has 1 saturated heterocycles. The molecular formula is C16H24N2O3. The van der Waals surface area contributed by atoms with E-state index in [1.54, 1.807) is 0 Å². The molecule has 2 fully saturated rings. The van der Waals surface area contributed by atoms with Crippen molar-refractivity contribution in [1.82, 2.24) is 10.6 Å². The highest BCUT2D eigenvalue weighted by Gasteiger charge is 2.27. The van der Waals surface area contributed by atoms with Gasteiger partial charge < -0.3 is 20.5 Å². The molecule has 0 bridgehead atoms. The molecule has 116 valence electrons. The van der Waals surface area contributed by atoms with Crippen LogP contribution in [0.2, 0.25) is 0 Å². The second-order valence-corrected chi connectivity index (χ2v) is 5.56. The van der Waals surface area contributed by atoms with Gasteiger partial charge in [0.05, 0.1) is 6.10 Å². The minimum atomic E-state index is -0.124. The molecule has 0 amide bonds. The highest BCUT2D eigenvalue weighted by molar-refractivity contribution is 5.37. The van der Waals surface area contributed by atoms with Crippen molar-refractivity contribution in [2.24, 2.45) is 5.92 Å². The fourth-order valence-electron chi connectivity index (χ4n) is 2.24. The van der Waals surface area contributed by atoms with Crippen molar-refractivity contribution in [3.63, 3.8) is 0 Å². The predicted octanol–water partition coefficient (Wildman–Crippen LogP) is 0.678. The van der Waals surface area contributed by atoms with E-state index < -0.39 is 0 Å². The van der Waals surface area contributed by atoms with E-state index in [1.807, 2.05) is 30.3 Å². The van der Waals surface area contributed by atoms with Crippen molar-refractivity contribution in [2.75, 3.05) is 19.6 Å². The summed E-state index contributed by atoms with van der Waals surface area (Å²) in [7, 11) is 0. The fraction of sp³-hybridized carbons (Fsp3) is 0.562. The third-order valence-corrected chi connectivity index (χ3v) is 3.71. The SMILES string of the molecule is O=COCc1ccccc1.OC1CNCC1CNC1CC1. The van der Waals surface area contributed by atoms with Gasteiger partial charge in [0.25, 0.3) is 6.47 Å². The summed E-state index contributed by atoms with van der Waals surface area (Å²) in [5.41, 5.74) is 1.01. The summed E-state index contributed by atoms with van der Waals surface area (Å²) in [5, 5.41) is 16.0. The third kappa shape index (κ3) is 6.25. The van der Waals surface area contributed by atoms with Crippen LogP contribution in [-0.4, -0.2) is 43.4 Å². The summed E-state index contributed by atoms with van der Waals surface area (Å²) < 4.78 is 4.54. The third-order valence-electron chi connectivity index (χ3n) is 3.71. The van der Waals surface area contributed by atoms with Gasteiger partial charge in [-0.15, -0.1) is 0 Å². The minimum absolute atomic E-state index is 0.124. The van der Waals surface area contributed by atoms with Gasteiger partial charge in [-0.2, -0.15) is 0 Å². The van der Waals surface area contributed by atoms with Crippen molar-refractivity contribution in [3.05, 3.63) is 35.9 Å². The molecule has 1 aromatic rings. The first-order chi connectivity index (χ1) is 10.3. The number of hydrogen-bond acceptors (Lipinski definition) is 5. The number of nitrogens with one attached hydrogen (secondary N) is 2. The van der Waals surface area contributed by atoms with Gasteiger partial charge in [0.1, 0.15) is 6.61 Å². The van der Waals surface area contributed by atoms with Crippen molar-refractivity contribution < 1.29 is 14.6 Å². The molecule has 1 heterocycles. The molecule has 1 aliphatic heterocycles. The first-order valence-electron chi connectivity index (χ1n) is 7.51. The largest absolute Gasteiger partial charge is 0.463 e. The lowest BCUT2D eigenvalue weighted by atomic mass is 10.1. The second-order valence-electron chi connectivity index (χ2n) is 5.56. The summed E-state index contributed by atoms with van der Waals surface area (Å²) in [6, 6.07) is 10.3. The number of β-amino-alcohol motifs (C(OH)–C–C–N with tert-alkyl or cyclic N) is 1. The smallest absolute Gasteiger partial charge is 0.293 e. The first-order valence-corrected chi connectivity index (χ1v) is 7.51. The van der Waals surface area contributed by atoms with Crippen LogP contribution in [0.15, 0.2) is 30.3 Å². The number of aliphatic hydroxyl groups is 1. The Balaban J connectivity index is 0.000000155. The number of rotatable bonds is 6. The molecule has 1 aliphatic carbocycles. The van der Waals surface area contributed by atoms with E-state index >= 15 is 0 Å². The lowest BCUT2D eigenvalue weighted by Crippen LogP contribution is -2.31. The van der Waals surface area contributed by atoms with E-state index in [0.717, 1.165) is 31.2 Å². The number of hydrogen-bond donors (Lipinski definition) is 3. The van der Waals surface area contributed by atoms with Crippen molar-refractivity contribution in [1.29, 1.82) is 0 Å². The molecule has 0 radical (unpaired) electrons. The first kappa shape index (κ1) is 15.9. The summed E-state index contributed by atoms with van der Waals surface area (Å²) in [6.45, 7) is 3.55. The van der Waals surface area contributed by atoms with Gasteiger partial charge in [-0.25, -0.2) is 0 Å². The zero-order valence-corrected chi connectivity index (χ0v) is 12.2. The number of aliphatic hydroxyl groups excluding tert-OH is 1. The number of carbonyl (C=O) groups is 1. The molecule has 2 atom stereocenters. The van der Waals surface area contributed by atoms with Gasteiger partial charge in [-0.3, -0.25) is 4.79 Å². The van der Waals surface area contributed by atoms with Crippen LogP contribution in [-0.2, 0) is 16.1 Å². The summed E-state index contributed by atoms with van der Waals surface area (Å²) in [6.07, 6.45) is 2.54. The lowest BCUT2D eigenvalue weighted by Gasteiger charge is -2.13. The molecule has 0 aromatic heterocycles. The highest BCUT2D eigenvalue weighted by atomic mass is 16.5. The molecule has 2 unspecified atom stereocenters. The Bertz CT molecular complexity index is 409. The molecule has 0 spiro atoms. The highest BCUT2D eigenvalue weighted by Crippen LogP contribution is 2.19. The van der Waals surface area contributed by atoms with Crippen LogP contribution in [0.25, 0.3) is 0 Å². The second kappa shape index (κ2) is 8.77. The van der Waals surface area contributed by atoms with E-state index in [1.165, 1.54) is 12.8 Å². The predicted molar refractivity (Wildman–Crippen MR) is 80.7 cm³/mol. The van der Waals surface area contributed by atoms with Gasteiger partial charge in [-0.05, 0) is 18.4 Å². The molecule has 21 heavy (non-hydrogen) atoms. The summed E-state index contributed by atoms with van der Waals surface area (Å²) in [4.78, 5) is 9.76. The monoisotopic (exact) mass is 292 g/mol.